The first-order valence-electron chi connectivity index (χ1n) is 5.68. The summed E-state index contributed by atoms with van der Waals surface area (Å²) in [7, 11) is 0. The Kier molecular flexibility index (Phi) is 4.41. The van der Waals surface area contributed by atoms with Gasteiger partial charge in [0.15, 0.2) is 0 Å². The van der Waals surface area contributed by atoms with E-state index in [2.05, 4.69) is 32.3 Å². The Balaban J connectivity index is 2.16. The van der Waals surface area contributed by atoms with Crippen LogP contribution >= 0.6 is 27.5 Å². The second-order valence-corrected chi connectivity index (χ2v) is 5.41. The molecule has 1 unspecified atom stereocenters. The van der Waals surface area contributed by atoms with Crippen molar-refractivity contribution in [2.75, 3.05) is 5.32 Å². The SMILES string of the molecule is CC(Nc1ncc(Br)cc1Cl)c1ccc(C#N)cc1. The quantitative estimate of drug-likeness (QED) is 0.895. The van der Waals surface area contributed by atoms with Gasteiger partial charge in [-0.3, -0.25) is 0 Å². The van der Waals surface area contributed by atoms with Crippen LogP contribution in [0.25, 0.3) is 0 Å². The minimum atomic E-state index is 0.0546. The third-order valence-corrected chi connectivity index (χ3v) is 3.42. The van der Waals surface area contributed by atoms with Crippen LogP contribution < -0.4 is 5.32 Å². The Morgan fingerprint density at radius 2 is 2.05 bits per heavy atom. The van der Waals surface area contributed by atoms with E-state index in [1.165, 1.54) is 0 Å². The fourth-order valence-corrected chi connectivity index (χ4v) is 2.34. The third kappa shape index (κ3) is 3.46. The van der Waals surface area contributed by atoms with Crippen molar-refractivity contribution in [3.05, 3.63) is 57.2 Å². The number of nitrogens with zero attached hydrogens (tertiary/aromatic N) is 2. The maximum Gasteiger partial charge on any atom is 0.145 e. The van der Waals surface area contributed by atoms with Crippen LogP contribution in [0.2, 0.25) is 5.02 Å². The predicted octanol–water partition coefficient (Wildman–Crippen LogP) is 4.54. The molecule has 2 rings (SSSR count). The number of anilines is 1. The van der Waals surface area contributed by atoms with Crippen molar-refractivity contribution < 1.29 is 0 Å². The second kappa shape index (κ2) is 6.05. The van der Waals surface area contributed by atoms with Crippen LogP contribution in [0, 0.1) is 11.3 Å². The molecule has 19 heavy (non-hydrogen) atoms. The number of benzene rings is 1. The Hall–Kier alpha value is -1.57. The van der Waals surface area contributed by atoms with Crippen LogP contribution in [0.15, 0.2) is 41.0 Å². The Labute approximate surface area is 125 Å². The molecule has 0 aliphatic rings. The fraction of sp³-hybridized carbons (Fsp3) is 0.143. The molecule has 0 amide bonds. The van der Waals surface area contributed by atoms with Gasteiger partial charge < -0.3 is 5.32 Å². The Morgan fingerprint density at radius 3 is 2.63 bits per heavy atom. The molecule has 0 saturated carbocycles. The zero-order valence-corrected chi connectivity index (χ0v) is 12.5. The topological polar surface area (TPSA) is 48.7 Å². The lowest BCUT2D eigenvalue weighted by Crippen LogP contribution is -2.08. The van der Waals surface area contributed by atoms with E-state index in [0.717, 1.165) is 10.0 Å². The number of pyridine rings is 1. The maximum atomic E-state index is 8.77. The average Bonchev–Trinajstić information content (AvgIpc) is 2.42. The van der Waals surface area contributed by atoms with Crippen LogP contribution in [0.5, 0.6) is 0 Å². The molecular formula is C14H11BrClN3. The predicted molar refractivity (Wildman–Crippen MR) is 80.1 cm³/mol. The molecule has 0 fully saturated rings. The van der Waals surface area contributed by atoms with Crippen molar-refractivity contribution in [2.24, 2.45) is 0 Å². The summed E-state index contributed by atoms with van der Waals surface area (Å²) in [5.74, 6) is 0.640. The van der Waals surface area contributed by atoms with Gasteiger partial charge in [-0.2, -0.15) is 5.26 Å². The summed E-state index contributed by atoms with van der Waals surface area (Å²) in [6.07, 6.45) is 1.69. The van der Waals surface area contributed by atoms with E-state index in [1.54, 1.807) is 24.4 Å². The highest BCUT2D eigenvalue weighted by atomic mass is 79.9. The van der Waals surface area contributed by atoms with E-state index in [1.807, 2.05) is 19.1 Å². The smallest absolute Gasteiger partial charge is 0.145 e. The molecular weight excluding hydrogens is 326 g/mol. The lowest BCUT2D eigenvalue weighted by Gasteiger charge is -2.16. The summed E-state index contributed by atoms with van der Waals surface area (Å²) in [4.78, 5) is 4.23. The molecule has 1 heterocycles. The van der Waals surface area contributed by atoms with Gasteiger partial charge in [-0.25, -0.2) is 4.98 Å². The first-order chi connectivity index (χ1) is 9.10. The summed E-state index contributed by atoms with van der Waals surface area (Å²) >= 11 is 9.43. The average molecular weight is 337 g/mol. The van der Waals surface area contributed by atoms with Crippen LogP contribution in [0.3, 0.4) is 0 Å². The lowest BCUT2D eigenvalue weighted by molar-refractivity contribution is 0.874. The number of hydrogen-bond donors (Lipinski definition) is 1. The highest BCUT2D eigenvalue weighted by Gasteiger charge is 2.09. The van der Waals surface area contributed by atoms with Crippen molar-refractivity contribution in [3.63, 3.8) is 0 Å². The molecule has 96 valence electrons. The van der Waals surface area contributed by atoms with Gasteiger partial charge in [0.25, 0.3) is 0 Å². The minimum absolute atomic E-state index is 0.0546. The van der Waals surface area contributed by atoms with E-state index >= 15 is 0 Å². The van der Waals surface area contributed by atoms with Gasteiger partial charge in [0.1, 0.15) is 5.82 Å². The molecule has 0 radical (unpaired) electrons. The van der Waals surface area contributed by atoms with E-state index in [4.69, 9.17) is 16.9 Å². The number of nitrogens with one attached hydrogen (secondary N) is 1. The van der Waals surface area contributed by atoms with Gasteiger partial charge in [0.2, 0.25) is 0 Å². The molecule has 1 aromatic carbocycles. The van der Waals surface area contributed by atoms with E-state index < -0.39 is 0 Å². The standard InChI is InChI=1S/C14H11BrClN3/c1-9(11-4-2-10(7-17)3-5-11)19-14-13(16)6-12(15)8-18-14/h2-6,8-9H,1H3,(H,18,19). The molecule has 1 N–H and O–H groups in total. The van der Waals surface area contributed by atoms with Crippen LogP contribution in [0.1, 0.15) is 24.1 Å². The molecule has 0 saturated heterocycles. The first kappa shape index (κ1) is 13.9. The molecule has 1 aromatic heterocycles. The van der Waals surface area contributed by atoms with Crippen molar-refractivity contribution in [1.82, 2.24) is 4.98 Å². The van der Waals surface area contributed by atoms with Gasteiger partial charge in [-0.15, -0.1) is 0 Å². The molecule has 0 spiro atoms. The van der Waals surface area contributed by atoms with E-state index in [9.17, 15) is 0 Å². The van der Waals surface area contributed by atoms with Gasteiger partial charge in [0, 0.05) is 16.7 Å². The normalized spacial score (nSPS) is 11.7. The Bertz CT molecular complexity index is 620. The number of nitriles is 1. The number of halogens is 2. The number of rotatable bonds is 3. The third-order valence-electron chi connectivity index (χ3n) is 2.70. The highest BCUT2D eigenvalue weighted by Crippen LogP contribution is 2.26. The molecule has 3 nitrogen and oxygen atoms in total. The van der Waals surface area contributed by atoms with Crippen LogP contribution in [0.4, 0.5) is 5.82 Å². The molecule has 0 bridgehead atoms. The van der Waals surface area contributed by atoms with Crippen LogP contribution in [-0.2, 0) is 0 Å². The second-order valence-electron chi connectivity index (χ2n) is 4.08. The molecule has 5 heteroatoms. The van der Waals surface area contributed by atoms with E-state index in [-0.39, 0.29) is 6.04 Å². The molecule has 0 aliphatic carbocycles. The van der Waals surface area contributed by atoms with Crippen molar-refractivity contribution in [1.29, 1.82) is 5.26 Å². The summed E-state index contributed by atoms with van der Waals surface area (Å²) < 4.78 is 0.842. The minimum Gasteiger partial charge on any atom is -0.362 e. The first-order valence-corrected chi connectivity index (χ1v) is 6.85. The summed E-state index contributed by atoms with van der Waals surface area (Å²) in [5.41, 5.74) is 1.72. The van der Waals surface area contributed by atoms with Gasteiger partial charge in [-0.05, 0) is 46.6 Å². The molecule has 1 atom stereocenters. The largest absolute Gasteiger partial charge is 0.362 e. The monoisotopic (exact) mass is 335 g/mol. The zero-order valence-electron chi connectivity index (χ0n) is 10.2. The lowest BCUT2D eigenvalue weighted by atomic mass is 10.1. The Morgan fingerprint density at radius 1 is 1.37 bits per heavy atom. The number of aromatic nitrogens is 1. The summed E-state index contributed by atoms with van der Waals surface area (Å²) in [6.45, 7) is 2.02. The van der Waals surface area contributed by atoms with Crippen molar-refractivity contribution in [2.45, 2.75) is 13.0 Å². The fourth-order valence-electron chi connectivity index (χ4n) is 1.66. The van der Waals surface area contributed by atoms with Crippen LogP contribution in [-0.4, -0.2) is 4.98 Å². The molecule has 2 aromatic rings. The van der Waals surface area contributed by atoms with Crippen molar-refractivity contribution in [3.8, 4) is 6.07 Å². The maximum absolute atomic E-state index is 8.77. The van der Waals surface area contributed by atoms with Gasteiger partial charge in [-0.1, -0.05) is 23.7 Å². The molecule has 0 aliphatic heterocycles. The zero-order chi connectivity index (χ0) is 13.8. The highest BCUT2D eigenvalue weighted by molar-refractivity contribution is 9.10. The van der Waals surface area contributed by atoms with E-state index in [0.29, 0.717) is 16.4 Å². The van der Waals surface area contributed by atoms with Gasteiger partial charge >= 0.3 is 0 Å². The summed E-state index contributed by atoms with van der Waals surface area (Å²) in [5, 5.41) is 12.6. The number of hydrogen-bond acceptors (Lipinski definition) is 3. The van der Waals surface area contributed by atoms with Gasteiger partial charge in [0.05, 0.1) is 16.7 Å². The van der Waals surface area contributed by atoms with Crippen molar-refractivity contribution >= 4 is 33.3 Å². The summed E-state index contributed by atoms with van der Waals surface area (Å²) in [6, 6.07) is 11.4.